The van der Waals surface area contributed by atoms with Gasteiger partial charge in [0.2, 0.25) is 0 Å². The van der Waals surface area contributed by atoms with E-state index in [-0.39, 0.29) is 0 Å². The van der Waals surface area contributed by atoms with Crippen molar-refractivity contribution in [2.24, 2.45) is 5.41 Å². The summed E-state index contributed by atoms with van der Waals surface area (Å²) in [6.45, 7) is 5.86. The van der Waals surface area contributed by atoms with E-state index >= 15 is 0 Å². The fraction of sp³-hybridized carbons (Fsp3) is 0.600. The molecule has 0 aliphatic heterocycles. The summed E-state index contributed by atoms with van der Waals surface area (Å²) in [7, 11) is 1.64. The van der Waals surface area contributed by atoms with Crippen molar-refractivity contribution in [1.29, 1.82) is 0 Å². The number of nitrogens with one attached hydrogen (secondary N) is 1. The Morgan fingerprint density at radius 2 is 2.17 bits per heavy atom. The molecule has 1 aromatic rings. The summed E-state index contributed by atoms with van der Waals surface area (Å²) in [5.74, 6) is 0.757. The lowest BCUT2D eigenvalue weighted by Crippen LogP contribution is -2.27. The van der Waals surface area contributed by atoms with Gasteiger partial charge >= 0.3 is 0 Å². The summed E-state index contributed by atoms with van der Waals surface area (Å²) in [5, 5.41) is 13.6. The third-order valence-electron chi connectivity index (χ3n) is 3.74. The zero-order chi connectivity index (χ0) is 13.2. The first-order valence-electron chi connectivity index (χ1n) is 6.57. The van der Waals surface area contributed by atoms with Crippen molar-refractivity contribution in [2.75, 3.05) is 20.2 Å². The fourth-order valence-corrected chi connectivity index (χ4v) is 2.12. The predicted molar refractivity (Wildman–Crippen MR) is 72.9 cm³/mol. The number of aliphatic hydroxyl groups is 1. The number of hydrogen-bond donors (Lipinski definition) is 2. The molecule has 2 rings (SSSR count). The van der Waals surface area contributed by atoms with Crippen molar-refractivity contribution < 1.29 is 9.84 Å². The van der Waals surface area contributed by atoms with E-state index < -0.39 is 6.10 Å². The highest BCUT2D eigenvalue weighted by molar-refractivity contribution is 5.38. The van der Waals surface area contributed by atoms with Gasteiger partial charge in [-0.3, -0.25) is 0 Å². The number of rotatable bonds is 6. The molecular formula is C15H23NO2. The maximum Gasteiger partial charge on any atom is 0.124 e. The molecule has 3 heteroatoms. The third-order valence-corrected chi connectivity index (χ3v) is 3.74. The molecule has 0 bridgehead atoms. The number of aliphatic hydroxyl groups excluding tert-OH is 1. The monoisotopic (exact) mass is 249 g/mol. The highest BCUT2D eigenvalue weighted by atomic mass is 16.5. The molecule has 0 heterocycles. The molecule has 2 N–H and O–H groups in total. The van der Waals surface area contributed by atoms with Crippen molar-refractivity contribution in [3.8, 4) is 5.75 Å². The Balaban J connectivity index is 1.94. The van der Waals surface area contributed by atoms with Crippen LogP contribution in [0.4, 0.5) is 0 Å². The maximum atomic E-state index is 10.2. The minimum atomic E-state index is -0.512. The fourth-order valence-electron chi connectivity index (χ4n) is 2.12. The van der Waals surface area contributed by atoms with Crippen molar-refractivity contribution in [3.05, 3.63) is 29.3 Å². The molecule has 3 nitrogen and oxygen atoms in total. The largest absolute Gasteiger partial charge is 0.496 e. The topological polar surface area (TPSA) is 41.5 Å². The molecule has 0 aromatic heterocycles. The molecular weight excluding hydrogens is 226 g/mol. The average Bonchev–Trinajstić information content (AvgIpc) is 3.07. The van der Waals surface area contributed by atoms with Crippen molar-refractivity contribution in [1.82, 2.24) is 5.32 Å². The van der Waals surface area contributed by atoms with Gasteiger partial charge in [-0.1, -0.05) is 18.6 Å². The van der Waals surface area contributed by atoms with Crippen LogP contribution in [0.2, 0.25) is 0 Å². The lowest BCUT2D eigenvalue weighted by molar-refractivity contribution is 0.168. The van der Waals surface area contributed by atoms with E-state index in [4.69, 9.17) is 4.74 Å². The van der Waals surface area contributed by atoms with E-state index in [1.165, 1.54) is 12.8 Å². The number of methoxy groups -OCH3 is 1. The molecule has 1 unspecified atom stereocenters. The van der Waals surface area contributed by atoms with Gasteiger partial charge in [0.1, 0.15) is 5.75 Å². The molecule has 100 valence electrons. The normalized spacial score (nSPS) is 18.4. The van der Waals surface area contributed by atoms with Gasteiger partial charge in [0.25, 0.3) is 0 Å². The highest BCUT2D eigenvalue weighted by Crippen LogP contribution is 2.44. The van der Waals surface area contributed by atoms with Crippen molar-refractivity contribution in [2.45, 2.75) is 32.8 Å². The second-order valence-electron chi connectivity index (χ2n) is 5.70. The van der Waals surface area contributed by atoms with Gasteiger partial charge in [0.05, 0.1) is 13.2 Å². The lowest BCUT2D eigenvalue weighted by Gasteiger charge is -2.17. The van der Waals surface area contributed by atoms with Crippen LogP contribution < -0.4 is 10.1 Å². The minimum Gasteiger partial charge on any atom is -0.496 e. The molecule has 1 aliphatic rings. The number of ether oxygens (including phenoxy) is 1. The average molecular weight is 249 g/mol. The number of benzene rings is 1. The standard InChI is InChI=1S/C15H23NO2/c1-11-4-5-14(18-3)12(8-11)13(17)9-16-10-15(2)6-7-15/h4-5,8,13,16-17H,6-7,9-10H2,1-3H3. The van der Waals surface area contributed by atoms with Gasteiger partial charge in [-0.2, -0.15) is 0 Å². The van der Waals surface area contributed by atoms with Crippen LogP contribution in [-0.2, 0) is 0 Å². The number of aryl methyl sites for hydroxylation is 1. The minimum absolute atomic E-state index is 0.469. The Morgan fingerprint density at radius 1 is 1.44 bits per heavy atom. The Hall–Kier alpha value is -1.06. The van der Waals surface area contributed by atoms with Gasteiger partial charge in [0.15, 0.2) is 0 Å². The molecule has 0 saturated heterocycles. The summed E-state index contributed by atoms with van der Waals surface area (Å²) in [6, 6.07) is 5.90. The van der Waals surface area contributed by atoms with E-state index in [2.05, 4.69) is 12.2 Å². The van der Waals surface area contributed by atoms with Crippen LogP contribution in [0.1, 0.15) is 37.0 Å². The van der Waals surface area contributed by atoms with E-state index in [1.807, 2.05) is 25.1 Å². The van der Waals surface area contributed by atoms with Crippen molar-refractivity contribution >= 4 is 0 Å². The van der Waals surface area contributed by atoms with Gasteiger partial charge in [0, 0.05) is 18.7 Å². The summed E-state index contributed by atoms with van der Waals surface area (Å²) < 4.78 is 5.29. The van der Waals surface area contributed by atoms with Gasteiger partial charge in [-0.15, -0.1) is 0 Å². The molecule has 1 atom stereocenters. The van der Waals surface area contributed by atoms with Crippen LogP contribution in [0.5, 0.6) is 5.75 Å². The van der Waals surface area contributed by atoms with Crippen LogP contribution in [0.15, 0.2) is 18.2 Å². The molecule has 0 spiro atoms. The quantitative estimate of drug-likeness (QED) is 0.813. The maximum absolute atomic E-state index is 10.2. The van der Waals surface area contributed by atoms with Crippen LogP contribution in [0, 0.1) is 12.3 Å². The summed E-state index contributed by atoms with van der Waals surface area (Å²) in [4.78, 5) is 0. The van der Waals surface area contributed by atoms with Crippen LogP contribution in [0.25, 0.3) is 0 Å². The highest BCUT2D eigenvalue weighted by Gasteiger charge is 2.36. The van der Waals surface area contributed by atoms with Crippen molar-refractivity contribution in [3.63, 3.8) is 0 Å². The first-order valence-corrected chi connectivity index (χ1v) is 6.57. The number of hydrogen-bond acceptors (Lipinski definition) is 3. The Labute approximate surface area is 109 Å². The Bertz CT molecular complexity index is 413. The van der Waals surface area contributed by atoms with Gasteiger partial charge in [-0.05, 0) is 37.3 Å². The molecule has 18 heavy (non-hydrogen) atoms. The zero-order valence-corrected chi connectivity index (χ0v) is 11.5. The summed E-state index contributed by atoms with van der Waals surface area (Å²) >= 11 is 0. The second kappa shape index (κ2) is 5.29. The first-order chi connectivity index (χ1) is 8.54. The SMILES string of the molecule is COc1ccc(C)cc1C(O)CNCC1(C)CC1. The zero-order valence-electron chi connectivity index (χ0n) is 11.5. The summed E-state index contributed by atoms with van der Waals surface area (Å²) in [5.41, 5.74) is 2.47. The van der Waals surface area contributed by atoms with E-state index in [1.54, 1.807) is 7.11 Å². The third kappa shape index (κ3) is 3.24. The van der Waals surface area contributed by atoms with E-state index in [0.717, 1.165) is 23.4 Å². The predicted octanol–water partition coefficient (Wildman–Crippen LogP) is 2.43. The molecule has 1 aliphatic carbocycles. The van der Waals surface area contributed by atoms with Crippen LogP contribution >= 0.6 is 0 Å². The smallest absolute Gasteiger partial charge is 0.124 e. The van der Waals surface area contributed by atoms with Gasteiger partial charge < -0.3 is 15.2 Å². The molecule has 1 fully saturated rings. The molecule has 0 radical (unpaired) electrons. The van der Waals surface area contributed by atoms with Crippen LogP contribution in [-0.4, -0.2) is 25.3 Å². The van der Waals surface area contributed by atoms with E-state index in [9.17, 15) is 5.11 Å². The van der Waals surface area contributed by atoms with E-state index in [0.29, 0.717) is 12.0 Å². The van der Waals surface area contributed by atoms with Crippen LogP contribution in [0.3, 0.4) is 0 Å². The first kappa shape index (κ1) is 13.4. The van der Waals surface area contributed by atoms with Gasteiger partial charge in [-0.25, -0.2) is 0 Å². The molecule has 1 saturated carbocycles. The molecule has 0 amide bonds. The lowest BCUT2D eigenvalue weighted by atomic mass is 10.0. The second-order valence-corrected chi connectivity index (χ2v) is 5.70. The summed E-state index contributed by atoms with van der Waals surface area (Å²) in [6.07, 6.45) is 2.08. The Morgan fingerprint density at radius 3 is 2.78 bits per heavy atom. The Kier molecular flexibility index (Phi) is 3.93. The molecule has 1 aromatic carbocycles.